The number of amides is 2. The van der Waals surface area contributed by atoms with E-state index in [0.717, 1.165) is 6.42 Å². The quantitative estimate of drug-likeness (QED) is 0.446. The zero-order valence-corrected chi connectivity index (χ0v) is 9.77. The zero-order chi connectivity index (χ0) is 13.1. The number of rotatable bonds is 3. The van der Waals surface area contributed by atoms with Crippen LogP contribution in [0.2, 0.25) is 0 Å². The third-order valence-corrected chi connectivity index (χ3v) is 2.89. The maximum absolute atomic E-state index is 11.8. The highest BCUT2D eigenvalue weighted by atomic mass is 16.3. The number of carbonyl (C=O) groups is 2. The minimum absolute atomic E-state index is 0.0103. The molecule has 6 nitrogen and oxygen atoms in total. The van der Waals surface area contributed by atoms with Crippen LogP contribution in [0.25, 0.3) is 0 Å². The summed E-state index contributed by atoms with van der Waals surface area (Å²) in [6.45, 7) is 0.385. The lowest BCUT2D eigenvalue weighted by molar-refractivity contribution is -0.119. The molecule has 1 unspecified atom stereocenters. The summed E-state index contributed by atoms with van der Waals surface area (Å²) >= 11 is 0. The molecule has 96 valence electrons. The van der Waals surface area contributed by atoms with Crippen LogP contribution >= 0.6 is 0 Å². The Morgan fingerprint density at radius 1 is 1.56 bits per heavy atom. The molecule has 1 aliphatic rings. The standard InChI is InChI=1S/C12H15N3O3/c13-9-3-1-7(5-10(9)16)12(18)14-6-8-2-4-11(17)15-8/h1,3,5,8,16H,2,4,6,13H2,(H,14,18)(H,15,17). The van der Waals surface area contributed by atoms with E-state index < -0.39 is 0 Å². The molecule has 18 heavy (non-hydrogen) atoms. The van der Waals surface area contributed by atoms with E-state index in [0.29, 0.717) is 18.5 Å². The SMILES string of the molecule is Nc1ccc(C(=O)NCC2CCC(=O)N2)cc1O. The molecule has 6 heteroatoms. The van der Waals surface area contributed by atoms with Gasteiger partial charge in [0.05, 0.1) is 5.69 Å². The van der Waals surface area contributed by atoms with Gasteiger partial charge in [-0.15, -0.1) is 0 Å². The maximum atomic E-state index is 11.8. The van der Waals surface area contributed by atoms with Crippen LogP contribution < -0.4 is 16.4 Å². The van der Waals surface area contributed by atoms with E-state index in [9.17, 15) is 14.7 Å². The van der Waals surface area contributed by atoms with E-state index >= 15 is 0 Å². The summed E-state index contributed by atoms with van der Waals surface area (Å²) < 4.78 is 0. The van der Waals surface area contributed by atoms with Gasteiger partial charge in [0.25, 0.3) is 5.91 Å². The number of phenolic OH excluding ortho intramolecular Hbond substituents is 1. The number of benzene rings is 1. The van der Waals surface area contributed by atoms with Gasteiger partial charge < -0.3 is 21.5 Å². The Labute approximate surface area is 104 Å². The lowest BCUT2D eigenvalue weighted by Gasteiger charge is -2.11. The molecule has 0 radical (unpaired) electrons. The highest BCUT2D eigenvalue weighted by molar-refractivity contribution is 5.95. The molecule has 0 spiro atoms. The molecule has 1 aliphatic heterocycles. The van der Waals surface area contributed by atoms with Gasteiger partial charge >= 0.3 is 0 Å². The van der Waals surface area contributed by atoms with Crippen molar-refractivity contribution >= 4 is 17.5 Å². The molecule has 1 fully saturated rings. The lowest BCUT2D eigenvalue weighted by atomic mass is 10.1. The smallest absolute Gasteiger partial charge is 0.251 e. The van der Waals surface area contributed by atoms with Crippen molar-refractivity contribution in [1.82, 2.24) is 10.6 Å². The summed E-state index contributed by atoms with van der Waals surface area (Å²) in [5, 5.41) is 14.9. The van der Waals surface area contributed by atoms with E-state index in [4.69, 9.17) is 5.73 Å². The van der Waals surface area contributed by atoms with Gasteiger partial charge in [-0.25, -0.2) is 0 Å². The average Bonchev–Trinajstić information content (AvgIpc) is 2.75. The Kier molecular flexibility index (Phi) is 3.36. The highest BCUT2D eigenvalue weighted by Crippen LogP contribution is 2.20. The third kappa shape index (κ3) is 2.71. The fourth-order valence-electron chi connectivity index (χ4n) is 1.83. The third-order valence-electron chi connectivity index (χ3n) is 2.89. The monoisotopic (exact) mass is 249 g/mol. The second-order valence-electron chi connectivity index (χ2n) is 4.29. The van der Waals surface area contributed by atoms with Crippen LogP contribution in [0.4, 0.5) is 5.69 Å². The molecule has 1 aromatic rings. The second kappa shape index (κ2) is 4.95. The van der Waals surface area contributed by atoms with E-state index in [2.05, 4.69) is 10.6 Å². The summed E-state index contributed by atoms with van der Waals surface area (Å²) in [6, 6.07) is 4.32. The number of nitrogens with one attached hydrogen (secondary N) is 2. The Morgan fingerprint density at radius 2 is 2.33 bits per heavy atom. The van der Waals surface area contributed by atoms with E-state index in [1.165, 1.54) is 18.2 Å². The largest absolute Gasteiger partial charge is 0.506 e. The van der Waals surface area contributed by atoms with Crippen molar-refractivity contribution in [1.29, 1.82) is 0 Å². The molecular weight excluding hydrogens is 234 g/mol. The molecule has 0 aliphatic carbocycles. The first-order valence-electron chi connectivity index (χ1n) is 5.72. The van der Waals surface area contributed by atoms with Gasteiger partial charge in [-0.1, -0.05) is 0 Å². The first kappa shape index (κ1) is 12.2. The summed E-state index contributed by atoms with van der Waals surface area (Å²) in [5.41, 5.74) is 6.02. The van der Waals surface area contributed by atoms with Crippen molar-refractivity contribution in [3.63, 3.8) is 0 Å². The number of carbonyl (C=O) groups excluding carboxylic acids is 2. The number of hydrogen-bond acceptors (Lipinski definition) is 4. The minimum Gasteiger partial charge on any atom is -0.506 e. The Balaban J connectivity index is 1.91. The molecule has 1 aromatic carbocycles. The molecule has 2 rings (SSSR count). The van der Waals surface area contributed by atoms with E-state index in [1.54, 1.807) is 0 Å². The number of phenols is 1. The van der Waals surface area contributed by atoms with Crippen LogP contribution in [-0.4, -0.2) is 29.5 Å². The van der Waals surface area contributed by atoms with Crippen molar-refractivity contribution in [2.75, 3.05) is 12.3 Å². The van der Waals surface area contributed by atoms with Crippen LogP contribution in [0.1, 0.15) is 23.2 Å². The van der Waals surface area contributed by atoms with Crippen LogP contribution in [0.15, 0.2) is 18.2 Å². The van der Waals surface area contributed by atoms with Crippen molar-refractivity contribution in [2.24, 2.45) is 0 Å². The Morgan fingerprint density at radius 3 is 2.94 bits per heavy atom. The number of hydrogen-bond donors (Lipinski definition) is 4. The fraction of sp³-hybridized carbons (Fsp3) is 0.333. The predicted octanol–water partition coefficient (Wildman–Crippen LogP) is -0.0172. The number of aromatic hydroxyl groups is 1. The van der Waals surface area contributed by atoms with Crippen LogP contribution in [0, 0.1) is 0 Å². The Bertz CT molecular complexity index is 487. The molecule has 0 aromatic heterocycles. The molecule has 0 bridgehead atoms. The van der Waals surface area contributed by atoms with Gasteiger partial charge in [-0.3, -0.25) is 9.59 Å². The van der Waals surface area contributed by atoms with Crippen molar-refractivity contribution < 1.29 is 14.7 Å². The van der Waals surface area contributed by atoms with E-state index in [-0.39, 0.29) is 29.3 Å². The van der Waals surface area contributed by atoms with Gasteiger partial charge in [-0.2, -0.15) is 0 Å². The zero-order valence-electron chi connectivity index (χ0n) is 9.77. The molecule has 1 heterocycles. The minimum atomic E-state index is -0.300. The molecule has 1 atom stereocenters. The first-order chi connectivity index (χ1) is 8.56. The normalized spacial score (nSPS) is 18.4. The van der Waals surface area contributed by atoms with Crippen LogP contribution in [0.3, 0.4) is 0 Å². The number of anilines is 1. The Hall–Kier alpha value is -2.24. The van der Waals surface area contributed by atoms with Gasteiger partial charge in [0.1, 0.15) is 5.75 Å². The molecule has 5 N–H and O–H groups in total. The van der Waals surface area contributed by atoms with E-state index in [1.807, 2.05) is 0 Å². The van der Waals surface area contributed by atoms with Crippen molar-refractivity contribution in [3.8, 4) is 5.75 Å². The van der Waals surface area contributed by atoms with Gasteiger partial charge in [-0.05, 0) is 24.6 Å². The summed E-state index contributed by atoms with van der Waals surface area (Å²) in [4.78, 5) is 22.8. The van der Waals surface area contributed by atoms with Crippen LogP contribution in [0.5, 0.6) is 5.75 Å². The van der Waals surface area contributed by atoms with Gasteiger partial charge in [0.2, 0.25) is 5.91 Å². The predicted molar refractivity (Wildman–Crippen MR) is 66.0 cm³/mol. The van der Waals surface area contributed by atoms with Gasteiger partial charge in [0.15, 0.2) is 0 Å². The van der Waals surface area contributed by atoms with Gasteiger partial charge in [0, 0.05) is 24.6 Å². The molecule has 1 saturated heterocycles. The summed E-state index contributed by atoms with van der Waals surface area (Å²) in [5.74, 6) is -0.400. The average molecular weight is 249 g/mol. The second-order valence-corrected chi connectivity index (χ2v) is 4.29. The molecule has 2 amide bonds. The number of nitrogen functional groups attached to an aromatic ring is 1. The maximum Gasteiger partial charge on any atom is 0.251 e. The molecular formula is C12H15N3O3. The van der Waals surface area contributed by atoms with Crippen LogP contribution in [-0.2, 0) is 4.79 Å². The molecule has 0 saturated carbocycles. The highest BCUT2D eigenvalue weighted by Gasteiger charge is 2.21. The topological polar surface area (TPSA) is 104 Å². The fourth-order valence-corrected chi connectivity index (χ4v) is 1.83. The summed E-state index contributed by atoms with van der Waals surface area (Å²) in [6.07, 6.45) is 1.23. The first-order valence-corrected chi connectivity index (χ1v) is 5.72. The van der Waals surface area contributed by atoms with Crippen molar-refractivity contribution in [3.05, 3.63) is 23.8 Å². The lowest BCUT2D eigenvalue weighted by Crippen LogP contribution is -2.38. The van der Waals surface area contributed by atoms with Crippen molar-refractivity contribution in [2.45, 2.75) is 18.9 Å². The summed E-state index contributed by atoms with van der Waals surface area (Å²) in [7, 11) is 0. The number of nitrogens with two attached hydrogens (primary N) is 1.